The number of nitrogens with zero attached hydrogens (tertiary/aromatic N) is 2. The average Bonchev–Trinajstić information content (AvgIpc) is 1.93. The van der Waals surface area contributed by atoms with Crippen LogP contribution in [-0.4, -0.2) is 199 Å². The highest BCUT2D eigenvalue weighted by atomic mass is 32.2. The first-order valence-electron chi connectivity index (χ1n) is 33.0. The Bertz CT molecular complexity index is 3120. The van der Waals surface area contributed by atoms with Gasteiger partial charge in [0.25, 0.3) is 0 Å². The van der Waals surface area contributed by atoms with Gasteiger partial charge in [-0.2, -0.15) is 0 Å². The van der Waals surface area contributed by atoms with Gasteiger partial charge >= 0.3 is 11.9 Å². The maximum absolute atomic E-state index is 14.7. The number of amides is 12. The number of thioether (sulfide) groups is 1. The second kappa shape index (κ2) is 40.6. The van der Waals surface area contributed by atoms with E-state index in [9.17, 15) is 77.3 Å². The van der Waals surface area contributed by atoms with Crippen LogP contribution in [0.4, 0.5) is 0 Å². The van der Waals surface area contributed by atoms with E-state index in [1.807, 2.05) is 27.7 Å². The number of nitrogens with two attached hydrogens (primary N) is 3. The number of primary amides is 1. The number of aromatic amines is 1. The molecule has 0 saturated carbocycles. The Labute approximate surface area is 573 Å². The summed E-state index contributed by atoms with van der Waals surface area (Å²) in [6.07, 6.45) is -0.582. The fraction of sp³-hybridized carbons (Fsp3) is 0.625. The number of aliphatic imine (C=N–C) groups is 1. The molecule has 4 rings (SSSR count). The molecule has 12 amide bonds. The zero-order chi connectivity index (χ0) is 72.9. The molecule has 3 heterocycles. The van der Waals surface area contributed by atoms with Crippen molar-refractivity contribution in [3.8, 4) is 0 Å². The van der Waals surface area contributed by atoms with Crippen molar-refractivity contribution < 1.29 is 77.3 Å². The Hall–Kier alpha value is -9.05. The number of aromatic nitrogens is 2. The molecular weight excluding hydrogens is 1290 g/mol. The van der Waals surface area contributed by atoms with Crippen LogP contribution in [-0.2, 0) is 80.0 Å². The summed E-state index contributed by atoms with van der Waals surface area (Å²) in [4.78, 5) is 205. The second-order valence-electron chi connectivity index (χ2n) is 25.7. The van der Waals surface area contributed by atoms with Crippen molar-refractivity contribution in [3.63, 3.8) is 0 Å². The maximum atomic E-state index is 14.7. The van der Waals surface area contributed by atoms with E-state index < -0.39 is 187 Å². The molecule has 2 aliphatic heterocycles. The predicted octanol–water partition coefficient (Wildman–Crippen LogP) is -2.46. The summed E-state index contributed by atoms with van der Waals surface area (Å²) in [5.41, 5.74) is 18.6. The summed E-state index contributed by atoms with van der Waals surface area (Å²) >= 11 is 1.35. The summed E-state index contributed by atoms with van der Waals surface area (Å²) in [6.45, 7) is 14.0. The van der Waals surface area contributed by atoms with Crippen molar-refractivity contribution in [2.45, 2.75) is 211 Å². The van der Waals surface area contributed by atoms with E-state index in [0.717, 1.165) is 0 Å². The number of aliphatic carboxylic acids is 2. The molecule has 1 fully saturated rings. The Morgan fingerprint density at radius 1 is 0.633 bits per heavy atom. The van der Waals surface area contributed by atoms with Gasteiger partial charge in [-0.3, -0.25) is 72.1 Å². The fourth-order valence-electron chi connectivity index (χ4n) is 10.5. The van der Waals surface area contributed by atoms with Crippen molar-refractivity contribution in [1.29, 1.82) is 0 Å². The van der Waals surface area contributed by atoms with Crippen molar-refractivity contribution in [1.82, 2.24) is 68.5 Å². The molecule has 1 aromatic heterocycles. The van der Waals surface area contributed by atoms with Gasteiger partial charge in [-0.05, 0) is 80.7 Å². The van der Waals surface area contributed by atoms with Crippen molar-refractivity contribution in [2.75, 3.05) is 18.8 Å². The molecule has 2 aromatic rings. The maximum Gasteiger partial charge on any atom is 0.305 e. The Kier molecular flexibility index (Phi) is 33.7. The van der Waals surface area contributed by atoms with Crippen LogP contribution in [0.3, 0.4) is 0 Å². The number of carboxylic acids is 2. The Morgan fingerprint density at radius 3 is 1.73 bits per heavy atom. The highest BCUT2D eigenvalue weighted by Gasteiger charge is 2.39. The highest BCUT2D eigenvalue weighted by Crippen LogP contribution is 2.23. The van der Waals surface area contributed by atoms with Gasteiger partial charge in [0, 0.05) is 43.5 Å². The first-order valence-corrected chi connectivity index (χ1v) is 34.0. The minimum absolute atomic E-state index is 0.000584. The number of hydrogen-bond acceptors (Lipinski definition) is 19. The number of benzene rings is 1. The largest absolute Gasteiger partial charge is 0.481 e. The van der Waals surface area contributed by atoms with Gasteiger partial charge in [0.15, 0.2) is 0 Å². The van der Waals surface area contributed by atoms with Crippen LogP contribution < -0.4 is 75.7 Å². The van der Waals surface area contributed by atoms with Crippen molar-refractivity contribution in [2.24, 2.45) is 45.9 Å². The summed E-state index contributed by atoms with van der Waals surface area (Å²) in [5, 5.41) is 48.7. The van der Waals surface area contributed by atoms with E-state index in [-0.39, 0.29) is 82.3 Å². The van der Waals surface area contributed by atoms with Gasteiger partial charge in [-0.1, -0.05) is 92.1 Å². The smallest absolute Gasteiger partial charge is 0.305 e. The Morgan fingerprint density at radius 2 is 1.18 bits per heavy atom. The van der Waals surface area contributed by atoms with Gasteiger partial charge in [-0.25, -0.2) is 4.98 Å². The third-order valence-electron chi connectivity index (χ3n) is 16.4. The van der Waals surface area contributed by atoms with Crippen LogP contribution >= 0.6 is 11.8 Å². The van der Waals surface area contributed by atoms with Crippen molar-refractivity contribution >= 4 is 99.6 Å². The number of unbranched alkanes of at least 4 members (excludes halogenated alkanes) is 1. The molecular formula is C64H99N17O16S. The summed E-state index contributed by atoms with van der Waals surface area (Å²) < 4.78 is 0. The molecule has 0 bridgehead atoms. The monoisotopic (exact) mass is 1390 g/mol. The van der Waals surface area contributed by atoms with E-state index in [1.54, 1.807) is 58.0 Å². The normalized spacial score (nSPS) is 22.3. The van der Waals surface area contributed by atoms with E-state index in [4.69, 9.17) is 17.2 Å². The minimum atomic E-state index is -2.00. The fourth-order valence-corrected chi connectivity index (χ4v) is 11.7. The lowest BCUT2D eigenvalue weighted by Crippen LogP contribution is -2.61. The summed E-state index contributed by atoms with van der Waals surface area (Å²) in [5.74, 6) is -15.2. The number of carbonyl (C=O) groups excluding carboxylic acids is 12. The topological polar surface area (TPSA) is 531 Å². The molecule has 1 saturated heterocycles. The highest BCUT2D eigenvalue weighted by molar-refractivity contribution is 8.14. The summed E-state index contributed by atoms with van der Waals surface area (Å²) in [6, 6.07) is -8.09. The first kappa shape index (κ1) is 81.4. The van der Waals surface area contributed by atoms with Gasteiger partial charge < -0.3 is 90.9 Å². The number of carboxylic acid groups (broad SMARTS) is 2. The summed E-state index contributed by atoms with van der Waals surface area (Å²) in [7, 11) is 0. The lowest BCUT2D eigenvalue weighted by molar-refractivity contribution is -0.142. The number of nitrogens with one attached hydrogen (secondary N) is 12. The molecule has 0 aliphatic carbocycles. The van der Waals surface area contributed by atoms with E-state index in [0.29, 0.717) is 28.5 Å². The standard InChI is InChI=1S/C64H99N17O16S/c1-9-35(8)52-63(97)78-42(25-36-16-11-10-12-17-36)57(91)75-43(26-37-29-68-31-70-37)58(92)77-45(28-49(85)86)60(94)76-44(27-47(66)82)59(93)72-38(53(87)71-39(19-15-22-65)54(88)81-52)18-13-14-23-69-62(96)51(34(6)7)80-55(89)40(20-21-48(83)84)73-56(90)41(24-32(2)3)74-61(95)46-30-98-64(79-46)50(67)33(4)5/h10-12,16-17,29,31-35,38-46,50-52H,9,13-15,18-28,30,65,67H2,1-8H3,(H2,66,82)(H,68,70)(H,69,96)(H,71,87)(H,72,93)(H,73,90)(H,74,95)(H,75,91)(H,76,94)(H,77,92)(H,78,97)(H,80,89)(H,81,88)(H,83,84)(H,85,86)/t35-,38-,39+,40+,41-,42+,43-,44-,45+,46-,50-,51-,52-/m0/s1. The van der Waals surface area contributed by atoms with Crippen LogP contribution in [0.15, 0.2) is 47.8 Å². The predicted molar refractivity (Wildman–Crippen MR) is 360 cm³/mol. The molecule has 20 N–H and O–H groups in total. The molecule has 542 valence electrons. The molecule has 34 heteroatoms. The van der Waals surface area contributed by atoms with E-state index in [1.165, 1.54) is 24.3 Å². The van der Waals surface area contributed by atoms with Crippen LogP contribution in [0, 0.1) is 23.7 Å². The van der Waals surface area contributed by atoms with Gasteiger partial charge in [0.05, 0.1) is 30.3 Å². The zero-order valence-electron chi connectivity index (χ0n) is 56.7. The number of hydrogen-bond donors (Lipinski definition) is 17. The molecule has 0 unspecified atom stereocenters. The van der Waals surface area contributed by atoms with Crippen LogP contribution in [0.5, 0.6) is 0 Å². The quantitative estimate of drug-likeness (QED) is 0.0330. The van der Waals surface area contributed by atoms with E-state index >= 15 is 0 Å². The molecule has 98 heavy (non-hydrogen) atoms. The van der Waals surface area contributed by atoms with Crippen LogP contribution in [0.2, 0.25) is 0 Å². The molecule has 2 aliphatic rings. The molecule has 0 radical (unpaired) electrons. The van der Waals surface area contributed by atoms with Crippen molar-refractivity contribution in [3.05, 3.63) is 54.1 Å². The number of imidazole rings is 1. The Balaban J connectivity index is 1.65. The first-order chi connectivity index (χ1) is 46.3. The van der Waals surface area contributed by atoms with Gasteiger partial charge in [0.2, 0.25) is 70.9 Å². The average molecular weight is 1390 g/mol. The number of carbonyl (C=O) groups is 14. The molecule has 0 spiro atoms. The SMILES string of the molecule is CC[C@H](C)[C@@H]1NC(=O)[C@@H](CCCN)NC(=O)[C@H](CCCCNC(=O)[C@@H](NC(=O)[C@@H](CCC(=O)O)NC(=O)[C@H](CC(C)C)NC(=O)[C@@H]2CSC([C@@H](N)C(C)C)=N2)C(C)C)NC(=O)[C@H](CC(N)=O)NC(=O)[C@@H](CC(=O)O)NC(=O)[C@H](Cc2cnc[nH]2)NC(=O)[C@@H](Cc2ccccc2)NC1=O. The van der Waals surface area contributed by atoms with Gasteiger partial charge in [0.1, 0.15) is 66.5 Å². The number of rotatable bonds is 33. The van der Waals surface area contributed by atoms with Crippen LogP contribution in [0.25, 0.3) is 0 Å². The van der Waals surface area contributed by atoms with E-state index in [2.05, 4.69) is 73.4 Å². The van der Waals surface area contributed by atoms with Crippen LogP contribution in [0.1, 0.15) is 137 Å². The number of H-pyrrole nitrogens is 1. The minimum Gasteiger partial charge on any atom is -0.481 e. The zero-order valence-corrected chi connectivity index (χ0v) is 57.6. The molecule has 1 aromatic carbocycles. The molecule has 33 nitrogen and oxygen atoms in total. The van der Waals surface area contributed by atoms with Gasteiger partial charge in [-0.15, -0.1) is 11.8 Å². The third kappa shape index (κ3) is 27.1. The molecule has 13 atom stereocenters. The second-order valence-corrected chi connectivity index (χ2v) is 26.7. The lowest BCUT2D eigenvalue weighted by atomic mass is 9.96. The third-order valence-corrected chi connectivity index (χ3v) is 17.6. The lowest BCUT2D eigenvalue weighted by Gasteiger charge is -2.29.